The maximum absolute atomic E-state index is 6.46. The fraction of sp³-hybridized carbons (Fsp3) is 0.538. The maximum atomic E-state index is 6.46. The lowest BCUT2D eigenvalue weighted by atomic mass is 10.1. The van der Waals surface area contributed by atoms with Crippen LogP contribution in [0.2, 0.25) is 5.02 Å². The molecular formula is C13H17ClN2. The van der Waals surface area contributed by atoms with Crippen LogP contribution in [0.4, 0.5) is 5.69 Å². The zero-order valence-corrected chi connectivity index (χ0v) is 10.5. The second-order valence-electron chi connectivity index (χ2n) is 4.98. The van der Waals surface area contributed by atoms with Crippen molar-refractivity contribution in [2.75, 3.05) is 18.0 Å². The molecule has 1 saturated heterocycles. The summed E-state index contributed by atoms with van der Waals surface area (Å²) in [4.78, 5) is 2.52. The molecule has 16 heavy (non-hydrogen) atoms. The fourth-order valence-corrected chi connectivity index (χ4v) is 3.27. The van der Waals surface area contributed by atoms with E-state index >= 15 is 0 Å². The van der Waals surface area contributed by atoms with Crippen LogP contribution in [0.15, 0.2) is 12.1 Å². The molecule has 0 bridgehead atoms. The molecule has 2 nitrogen and oxygen atoms in total. The van der Waals surface area contributed by atoms with Crippen molar-refractivity contribution in [1.82, 2.24) is 5.32 Å². The van der Waals surface area contributed by atoms with Crippen LogP contribution in [-0.4, -0.2) is 25.2 Å². The Morgan fingerprint density at radius 3 is 3.00 bits per heavy atom. The summed E-state index contributed by atoms with van der Waals surface area (Å²) in [6.07, 6.45) is 1.13. The van der Waals surface area contributed by atoms with Gasteiger partial charge < -0.3 is 10.2 Å². The summed E-state index contributed by atoms with van der Waals surface area (Å²) in [6.45, 7) is 6.49. The van der Waals surface area contributed by atoms with Crippen LogP contribution < -0.4 is 10.2 Å². The smallest absolute Gasteiger partial charge is 0.0671 e. The summed E-state index contributed by atoms with van der Waals surface area (Å²) in [5.74, 6) is 0. The molecule has 2 atom stereocenters. The van der Waals surface area contributed by atoms with E-state index in [1.807, 2.05) is 0 Å². The molecule has 0 unspecified atom stereocenters. The molecule has 2 aliphatic heterocycles. The van der Waals surface area contributed by atoms with Crippen molar-refractivity contribution < 1.29 is 0 Å². The van der Waals surface area contributed by atoms with Gasteiger partial charge in [0, 0.05) is 25.2 Å². The van der Waals surface area contributed by atoms with Crippen LogP contribution in [0.25, 0.3) is 0 Å². The van der Waals surface area contributed by atoms with E-state index in [0.717, 1.165) is 24.5 Å². The van der Waals surface area contributed by atoms with E-state index in [9.17, 15) is 0 Å². The molecule has 0 amide bonds. The van der Waals surface area contributed by atoms with Crippen LogP contribution in [0, 0.1) is 6.92 Å². The van der Waals surface area contributed by atoms with E-state index in [0.29, 0.717) is 12.1 Å². The van der Waals surface area contributed by atoms with E-state index in [2.05, 4.69) is 36.2 Å². The number of anilines is 1. The molecule has 0 radical (unpaired) electrons. The Balaban J connectivity index is 2.11. The van der Waals surface area contributed by atoms with Gasteiger partial charge in [-0.3, -0.25) is 0 Å². The molecule has 1 aromatic carbocycles. The average molecular weight is 237 g/mol. The van der Waals surface area contributed by atoms with Crippen LogP contribution in [0.5, 0.6) is 0 Å². The van der Waals surface area contributed by atoms with E-state index in [4.69, 9.17) is 11.6 Å². The van der Waals surface area contributed by atoms with Crippen LogP contribution in [0.1, 0.15) is 18.1 Å². The molecule has 0 saturated carbocycles. The highest BCUT2D eigenvalue weighted by molar-refractivity contribution is 6.34. The number of nitrogens with one attached hydrogen (secondary N) is 1. The first-order chi connectivity index (χ1) is 7.68. The molecule has 0 aromatic heterocycles. The molecule has 1 N–H and O–H groups in total. The van der Waals surface area contributed by atoms with Crippen LogP contribution in [-0.2, 0) is 6.42 Å². The van der Waals surface area contributed by atoms with Gasteiger partial charge in [0.2, 0.25) is 0 Å². The molecule has 1 fully saturated rings. The number of piperazine rings is 1. The van der Waals surface area contributed by atoms with Crippen LogP contribution in [0.3, 0.4) is 0 Å². The Labute approximate surface area is 102 Å². The van der Waals surface area contributed by atoms with E-state index < -0.39 is 0 Å². The first-order valence-electron chi connectivity index (χ1n) is 5.95. The van der Waals surface area contributed by atoms with Crippen molar-refractivity contribution in [2.24, 2.45) is 0 Å². The Hall–Kier alpha value is -0.730. The first kappa shape index (κ1) is 10.4. The largest absolute Gasteiger partial charge is 0.362 e. The van der Waals surface area contributed by atoms with E-state index in [1.54, 1.807) is 0 Å². The van der Waals surface area contributed by atoms with Crippen molar-refractivity contribution in [3.05, 3.63) is 28.3 Å². The topological polar surface area (TPSA) is 15.3 Å². The third-order valence-electron chi connectivity index (χ3n) is 3.79. The highest BCUT2D eigenvalue weighted by Gasteiger charge is 2.36. The molecule has 3 heteroatoms. The number of hydrogen-bond donors (Lipinski definition) is 1. The summed E-state index contributed by atoms with van der Waals surface area (Å²) in [6, 6.07) is 5.51. The first-order valence-corrected chi connectivity index (χ1v) is 6.33. The van der Waals surface area contributed by atoms with Gasteiger partial charge in [-0.15, -0.1) is 0 Å². The van der Waals surface area contributed by atoms with E-state index in [-0.39, 0.29) is 0 Å². The van der Waals surface area contributed by atoms with Crippen LogP contribution >= 0.6 is 11.6 Å². The van der Waals surface area contributed by atoms with Gasteiger partial charge >= 0.3 is 0 Å². The summed E-state index contributed by atoms with van der Waals surface area (Å²) >= 11 is 6.46. The van der Waals surface area contributed by atoms with Gasteiger partial charge in [-0.2, -0.15) is 0 Å². The fourth-order valence-electron chi connectivity index (χ4n) is 2.99. The minimum atomic E-state index is 0.541. The quantitative estimate of drug-likeness (QED) is 0.744. The van der Waals surface area contributed by atoms with Crippen molar-refractivity contribution >= 4 is 17.3 Å². The second kappa shape index (κ2) is 3.64. The summed E-state index contributed by atoms with van der Waals surface area (Å²) in [5.41, 5.74) is 3.89. The Kier molecular flexibility index (Phi) is 2.37. The average Bonchev–Trinajstić information content (AvgIpc) is 2.64. The summed E-state index contributed by atoms with van der Waals surface area (Å²) in [5, 5.41) is 4.44. The number of fused-ring (bicyclic) bond motifs is 3. The van der Waals surface area contributed by atoms with Gasteiger partial charge in [0.15, 0.2) is 0 Å². The second-order valence-corrected chi connectivity index (χ2v) is 5.35. The lowest BCUT2D eigenvalue weighted by molar-refractivity contribution is 0.430. The third-order valence-corrected chi connectivity index (χ3v) is 4.27. The Morgan fingerprint density at radius 2 is 2.19 bits per heavy atom. The van der Waals surface area contributed by atoms with E-state index in [1.165, 1.54) is 16.8 Å². The van der Waals surface area contributed by atoms with Gasteiger partial charge in [-0.1, -0.05) is 23.7 Å². The van der Waals surface area contributed by atoms with Gasteiger partial charge in [-0.25, -0.2) is 0 Å². The van der Waals surface area contributed by atoms with Crippen molar-refractivity contribution in [3.63, 3.8) is 0 Å². The normalized spacial score (nSPS) is 27.8. The molecule has 0 aliphatic carbocycles. The lowest BCUT2D eigenvalue weighted by Gasteiger charge is -2.39. The van der Waals surface area contributed by atoms with Gasteiger partial charge in [0.1, 0.15) is 0 Å². The summed E-state index contributed by atoms with van der Waals surface area (Å²) in [7, 11) is 0. The molecular weight excluding hydrogens is 220 g/mol. The molecule has 3 rings (SSSR count). The molecule has 1 aromatic rings. The Morgan fingerprint density at radius 1 is 1.38 bits per heavy atom. The zero-order chi connectivity index (χ0) is 11.3. The number of nitrogens with zero attached hydrogens (tertiary/aromatic N) is 1. The lowest BCUT2D eigenvalue weighted by Crippen LogP contribution is -2.54. The highest BCUT2D eigenvalue weighted by atomic mass is 35.5. The predicted molar refractivity (Wildman–Crippen MR) is 68.5 cm³/mol. The number of rotatable bonds is 0. The predicted octanol–water partition coefficient (Wildman–Crippen LogP) is 2.37. The monoisotopic (exact) mass is 236 g/mol. The zero-order valence-electron chi connectivity index (χ0n) is 9.76. The number of halogens is 1. The van der Waals surface area contributed by atoms with Gasteiger partial charge in [0.05, 0.1) is 10.7 Å². The highest BCUT2D eigenvalue weighted by Crippen LogP contribution is 2.41. The third kappa shape index (κ3) is 1.36. The van der Waals surface area contributed by atoms with Gasteiger partial charge in [-0.05, 0) is 31.4 Å². The molecule has 2 aliphatic rings. The van der Waals surface area contributed by atoms with Crippen molar-refractivity contribution in [1.29, 1.82) is 0 Å². The number of hydrogen-bond acceptors (Lipinski definition) is 2. The van der Waals surface area contributed by atoms with Crippen molar-refractivity contribution in [3.8, 4) is 0 Å². The van der Waals surface area contributed by atoms with Crippen molar-refractivity contribution in [2.45, 2.75) is 32.4 Å². The minimum absolute atomic E-state index is 0.541. The number of benzene rings is 1. The minimum Gasteiger partial charge on any atom is -0.362 e. The molecule has 2 heterocycles. The van der Waals surface area contributed by atoms with Gasteiger partial charge in [0.25, 0.3) is 0 Å². The standard InChI is InChI=1S/C13H17ClN2/c1-8-3-4-10-5-11-7-15-6-9(2)16(11)13(10)12(8)14/h3-4,9,11,15H,5-7H2,1-2H3/t9-,11+/m1/s1. The maximum Gasteiger partial charge on any atom is 0.0671 e. The SMILES string of the molecule is Cc1ccc2c(c1Cl)N1[C@H](CNC[C@H]1C)C2. The Bertz CT molecular complexity index is 430. The number of aryl methyl sites for hydroxylation is 1. The summed E-state index contributed by atoms with van der Waals surface area (Å²) < 4.78 is 0. The molecule has 0 spiro atoms. The molecule has 86 valence electrons.